The van der Waals surface area contributed by atoms with E-state index in [2.05, 4.69) is 10.3 Å². The highest BCUT2D eigenvalue weighted by atomic mass is 16.3. The van der Waals surface area contributed by atoms with Crippen molar-refractivity contribution in [2.24, 2.45) is 0 Å². The van der Waals surface area contributed by atoms with Gasteiger partial charge in [0.05, 0.1) is 5.69 Å². The maximum Gasteiger partial charge on any atom is 0.126 e. The molecule has 0 spiro atoms. The zero-order chi connectivity index (χ0) is 10.7. The standard InChI is InChI=1S/C12H12N2O/c1-13-12-8-4-6-10(14-12)9-5-2-3-7-11(9)15/h2-8,15H,1H3,(H,13,14). The highest BCUT2D eigenvalue weighted by molar-refractivity contribution is 5.67. The molecule has 0 bridgehead atoms. The summed E-state index contributed by atoms with van der Waals surface area (Å²) in [6, 6.07) is 12.8. The fourth-order valence-corrected chi connectivity index (χ4v) is 1.41. The van der Waals surface area contributed by atoms with Crippen LogP contribution in [-0.4, -0.2) is 17.1 Å². The summed E-state index contributed by atoms with van der Waals surface area (Å²) in [6.45, 7) is 0. The van der Waals surface area contributed by atoms with E-state index in [0.717, 1.165) is 17.1 Å². The third kappa shape index (κ3) is 1.91. The molecule has 0 unspecified atom stereocenters. The molecule has 1 aromatic carbocycles. The fraction of sp³-hybridized carbons (Fsp3) is 0.0833. The molecule has 1 aromatic heterocycles. The number of pyridine rings is 1. The highest BCUT2D eigenvalue weighted by Crippen LogP contribution is 2.27. The van der Waals surface area contributed by atoms with Crippen LogP contribution in [-0.2, 0) is 0 Å². The number of phenols is 1. The van der Waals surface area contributed by atoms with E-state index in [1.807, 2.05) is 37.4 Å². The van der Waals surface area contributed by atoms with Gasteiger partial charge in [0.25, 0.3) is 0 Å². The second kappa shape index (κ2) is 4.00. The van der Waals surface area contributed by atoms with E-state index >= 15 is 0 Å². The number of nitrogens with one attached hydrogen (secondary N) is 1. The van der Waals surface area contributed by atoms with Gasteiger partial charge in [0.15, 0.2) is 0 Å². The minimum atomic E-state index is 0.248. The summed E-state index contributed by atoms with van der Waals surface area (Å²) in [5.74, 6) is 1.04. The molecular formula is C12H12N2O. The van der Waals surface area contributed by atoms with E-state index in [1.165, 1.54) is 0 Å². The van der Waals surface area contributed by atoms with Crippen molar-refractivity contribution < 1.29 is 5.11 Å². The van der Waals surface area contributed by atoms with Gasteiger partial charge in [-0.15, -0.1) is 0 Å². The topological polar surface area (TPSA) is 45.1 Å². The Morgan fingerprint density at radius 1 is 1.07 bits per heavy atom. The summed E-state index contributed by atoms with van der Waals surface area (Å²) >= 11 is 0. The minimum Gasteiger partial charge on any atom is -0.507 e. The number of aromatic hydroxyl groups is 1. The lowest BCUT2D eigenvalue weighted by Gasteiger charge is -2.05. The molecule has 0 aliphatic rings. The zero-order valence-corrected chi connectivity index (χ0v) is 8.44. The zero-order valence-electron chi connectivity index (χ0n) is 8.44. The van der Waals surface area contributed by atoms with Gasteiger partial charge < -0.3 is 10.4 Å². The number of anilines is 1. The molecule has 2 N–H and O–H groups in total. The number of hydrogen-bond donors (Lipinski definition) is 2. The van der Waals surface area contributed by atoms with Crippen molar-refractivity contribution in [2.45, 2.75) is 0 Å². The minimum absolute atomic E-state index is 0.248. The average molecular weight is 200 g/mol. The SMILES string of the molecule is CNc1cccc(-c2ccccc2O)n1. The van der Waals surface area contributed by atoms with Crippen LogP contribution in [0.1, 0.15) is 0 Å². The van der Waals surface area contributed by atoms with Crippen LogP contribution in [0.15, 0.2) is 42.5 Å². The van der Waals surface area contributed by atoms with Crippen molar-refractivity contribution in [1.29, 1.82) is 0 Å². The van der Waals surface area contributed by atoms with Crippen molar-refractivity contribution in [2.75, 3.05) is 12.4 Å². The maximum atomic E-state index is 9.67. The summed E-state index contributed by atoms with van der Waals surface area (Å²) in [5.41, 5.74) is 1.51. The Labute approximate surface area is 88.4 Å². The first kappa shape index (κ1) is 9.52. The van der Waals surface area contributed by atoms with E-state index in [0.29, 0.717) is 0 Å². The van der Waals surface area contributed by atoms with Crippen LogP contribution in [0.5, 0.6) is 5.75 Å². The lowest BCUT2D eigenvalue weighted by Crippen LogP contribution is -1.93. The predicted molar refractivity (Wildman–Crippen MR) is 60.9 cm³/mol. The summed E-state index contributed by atoms with van der Waals surface area (Å²) in [7, 11) is 1.82. The van der Waals surface area contributed by atoms with Gasteiger partial charge in [0.2, 0.25) is 0 Å². The molecular weight excluding hydrogens is 188 g/mol. The van der Waals surface area contributed by atoms with Crippen molar-refractivity contribution in [3.63, 3.8) is 0 Å². The molecule has 0 radical (unpaired) electrons. The van der Waals surface area contributed by atoms with E-state index in [1.54, 1.807) is 12.1 Å². The number of nitrogens with zero attached hydrogens (tertiary/aromatic N) is 1. The first-order valence-corrected chi connectivity index (χ1v) is 4.74. The van der Waals surface area contributed by atoms with Gasteiger partial charge in [-0.3, -0.25) is 0 Å². The molecule has 0 saturated carbocycles. The van der Waals surface area contributed by atoms with Crippen molar-refractivity contribution in [3.8, 4) is 17.0 Å². The van der Waals surface area contributed by atoms with E-state index in [9.17, 15) is 5.11 Å². The molecule has 0 saturated heterocycles. The number of hydrogen-bond acceptors (Lipinski definition) is 3. The predicted octanol–water partition coefficient (Wildman–Crippen LogP) is 2.50. The summed E-state index contributed by atoms with van der Waals surface area (Å²) in [4.78, 5) is 4.35. The van der Waals surface area contributed by atoms with Crippen LogP contribution in [0.4, 0.5) is 5.82 Å². The lowest BCUT2D eigenvalue weighted by molar-refractivity contribution is 0.477. The van der Waals surface area contributed by atoms with Crippen LogP contribution >= 0.6 is 0 Å². The van der Waals surface area contributed by atoms with Crippen molar-refractivity contribution >= 4 is 5.82 Å². The highest BCUT2D eigenvalue weighted by Gasteiger charge is 2.04. The van der Waals surface area contributed by atoms with Crippen LogP contribution < -0.4 is 5.32 Å². The Kier molecular flexibility index (Phi) is 2.54. The largest absolute Gasteiger partial charge is 0.507 e. The van der Waals surface area contributed by atoms with E-state index < -0.39 is 0 Å². The Hall–Kier alpha value is -2.03. The summed E-state index contributed by atoms with van der Waals surface area (Å²) in [6.07, 6.45) is 0. The Morgan fingerprint density at radius 3 is 2.60 bits per heavy atom. The van der Waals surface area contributed by atoms with Gasteiger partial charge in [-0.1, -0.05) is 18.2 Å². The van der Waals surface area contributed by atoms with Crippen molar-refractivity contribution in [1.82, 2.24) is 4.98 Å². The number of benzene rings is 1. The second-order valence-electron chi connectivity index (χ2n) is 3.18. The third-order valence-corrected chi connectivity index (χ3v) is 2.19. The molecule has 0 aliphatic carbocycles. The molecule has 0 fully saturated rings. The fourth-order valence-electron chi connectivity index (χ4n) is 1.41. The second-order valence-corrected chi connectivity index (χ2v) is 3.18. The summed E-state index contributed by atoms with van der Waals surface area (Å²) < 4.78 is 0. The molecule has 0 aliphatic heterocycles. The molecule has 3 nitrogen and oxygen atoms in total. The number of aromatic nitrogens is 1. The van der Waals surface area contributed by atoms with Crippen LogP contribution in [0.3, 0.4) is 0 Å². The molecule has 0 atom stereocenters. The van der Waals surface area contributed by atoms with Gasteiger partial charge in [-0.25, -0.2) is 4.98 Å². The Morgan fingerprint density at radius 2 is 1.87 bits per heavy atom. The van der Waals surface area contributed by atoms with Gasteiger partial charge in [0, 0.05) is 12.6 Å². The van der Waals surface area contributed by atoms with Gasteiger partial charge >= 0.3 is 0 Å². The Balaban J connectivity index is 2.49. The van der Waals surface area contributed by atoms with Crippen LogP contribution in [0.2, 0.25) is 0 Å². The molecule has 2 rings (SSSR count). The molecule has 2 aromatic rings. The van der Waals surface area contributed by atoms with E-state index in [-0.39, 0.29) is 5.75 Å². The lowest BCUT2D eigenvalue weighted by atomic mass is 10.1. The maximum absolute atomic E-state index is 9.67. The summed E-state index contributed by atoms with van der Waals surface area (Å²) in [5, 5.41) is 12.6. The van der Waals surface area contributed by atoms with Gasteiger partial charge in [-0.2, -0.15) is 0 Å². The number of phenolic OH excluding ortho intramolecular Hbond substituents is 1. The average Bonchev–Trinajstić information content (AvgIpc) is 2.30. The van der Waals surface area contributed by atoms with Gasteiger partial charge in [0.1, 0.15) is 11.6 Å². The molecule has 15 heavy (non-hydrogen) atoms. The first-order chi connectivity index (χ1) is 7.31. The number of para-hydroxylation sites is 1. The normalized spacial score (nSPS) is 9.93. The number of rotatable bonds is 2. The van der Waals surface area contributed by atoms with Crippen LogP contribution in [0.25, 0.3) is 11.3 Å². The molecule has 0 amide bonds. The van der Waals surface area contributed by atoms with Crippen molar-refractivity contribution in [3.05, 3.63) is 42.5 Å². The molecule has 3 heteroatoms. The monoisotopic (exact) mass is 200 g/mol. The molecule has 76 valence electrons. The smallest absolute Gasteiger partial charge is 0.126 e. The molecule has 1 heterocycles. The quantitative estimate of drug-likeness (QED) is 0.782. The Bertz CT molecular complexity index is 469. The van der Waals surface area contributed by atoms with Gasteiger partial charge in [-0.05, 0) is 24.3 Å². The first-order valence-electron chi connectivity index (χ1n) is 4.74. The van der Waals surface area contributed by atoms with E-state index in [4.69, 9.17) is 0 Å². The van der Waals surface area contributed by atoms with Crippen LogP contribution in [0, 0.1) is 0 Å². The third-order valence-electron chi connectivity index (χ3n) is 2.19.